The van der Waals surface area contributed by atoms with Gasteiger partial charge >= 0.3 is 5.97 Å². The summed E-state index contributed by atoms with van der Waals surface area (Å²) in [5.41, 5.74) is 2.71. The van der Waals surface area contributed by atoms with Gasteiger partial charge in [-0.2, -0.15) is 0 Å². The molecule has 0 fully saturated rings. The molecule has 2 aromatic rings. The lowest BCUT2D eigenvalue weighted by Crippen LogP contribution is -2.01. The van der Waals surface area contributed by atoms with Crippen LogP contribution in [0.25, 0.3) is 0 Å². The van der Waals surface area contributed by atoms with Crippen molar-refractivity contribution in [3.05, 3.63) is 65.2 Å². The van der Waals surface area contributed by atoms with Crippen molar-refractivity contribution in [3.63, 3.8) is 0 Å². The smallest absolute Gasteiger partial charge is 0.337 e. The van der Waals surface area contributed by atoms with E-state index in [1.807, 2.05) is 30.3 Å². The first-order valence-electron chi connectivity index (χ1n) is 6.65. The molecule has 3 heteroatoms. The van der Waals surface area contributed by atoms with Gasteiger partial charge in [-0.05, 0) is 48.6 Å². The molecule has 0 bridgehead atoms. The molecule has 1 N–H and O–H groups in total. The molecule has 20 heavy (non-hydrogen) atoms. The van der Waals surface area contributed by atoms with Crippen LogP contribution in [0.3, 0.4) is 0 Å². The molecule has 2 aromatic carbocycles. The van der Waals surface area contributed by atoms with Crippen LogP contribution in [-0.2, 0) is 17.6 Å². The Morgan fingerprint density at radius 3 is 2.40 bits per heavy atom. The molecule has 0 spiro atoms. The van der Waals surface area contributed by atoms with Gasteiger partial charge in [0, 0.05) is 0 Å². The highest BCUT2D eigenvalue weighted by molar-refractivity contribution is 5.89. The van der Waals surface area contributed by atoms with Gasteiger partial charge < -0.3 is 9.84 Å². The van der Waals surface area contributed by atoms with Crippen LogP contribution in [0.4, 0.5) is 0 Å². The van der Waals surface area contributed by atoms with Gasteiger partial charge in [-0.1, -0.05) is 30.3 Å². The Morgan fingerprint density at radius 2 is 1.75 bits per heavy atom. The van der Waals surface area contributed by atoms with Crippen LogP contribution in [0.2, 0.25) is 0 Å². The molecule has 0 aliphatic carbocycles. The molecule has 0 radical (unpaired) electrons. The molecule has 104 valence electrons. The number of esters is 1. The number of aromatic hydroxyl groups is 1. The SMILES string of the molecule is COC(=O)c1ccc(CCCc2ccccc2O)cc1. The van der Waals surface area contributed by atoms with Crippen molar-refractivity contribution >= 4 is 5.97 Å². The molecule has 0 amide bonds. The van der Waals surface area contributed by atoms with Crippen molar-refractivity contribution in [2.45, 2.75) is 19.3 Å². The number of hydrogen-bond donors (Lipinski definition) is 1. The summed E-state index contributed by atoms with van der Waals surface area (Å²) in [5, 5.41) is 9.68. The van der Waals surface area contributed by atoms with Gasteiger partial charge in [0.2, 0.25) is 0 Å². The van der Waals surface area contributed by atoms with Crippen molar-refractivity contribution in [2.75, 3.05) is 7.11 Å². The Hall–Kier alpha value is -2.29. The summed E-state index contributed by atoms with van der Waals surface area (Å²) in [5.74, 6) is 0.0410. The largest absolute Gasteiger partial charge is 0.508 e. The van der Waals surface area contributed by atoms with E-state index < -0.39 is 0 Å². The number of phenolic OH excluding ortho intramolecular Hbond substituents is 1. The van der Waals surface area contributed by atoms with Gasteiger partial charge in [-0.3, -0.25) is 0 Å². The first-order valence-corrected chi connectivity index (χ1v) is 6.65. The standard InChI is InChI=1S/C17H18O3/c1-20-17(19)15-11-9-13(10-12-15)5-4-7-14-6-2-3-8-16(14)18/h2-3,6,8-12,18H,4-5,7H2,1H3. The maximum atomic E-state index is 11.3. The number of rotatable bonds is 5. The molecule has 0 saturated carbocycles. The van der Waals surface area contributed by atoms with Gasteiger partial charge in [-0.15, -0.1) is 0 Å². The highest BCUT2D eigenvalue weighted by Crippen LogP contribution is 2.18. The predicted octanol–water partition coefficient (Wildman–Crippen LogP) is 3.35. The van der Waals surface area contributed by atoms with Crippen molar-refractivity contribution in [1.82, 2.24) is 0 Å². The minimum absolute atomic E-state index is 0.314. The van der Waals surface area contributed by atoms with E-state index in [4.69, 9.17) is 0 Å². The third kappa shape index (κ3) is 3.60. The van der Waals surface area contributed by atoms with Gasteiger partial charge in [-0.25, -0.2) is 4.79 Å². The molecule has 0 aliphatic rings. The summed E-state index contributed by atoms with van der Waals surface area (Å²) in [6.45, 7) is 0. The van der Waals surface area contributed by atoms with Gasteiger partial charge in [0.15, 0.2) is 0 Å². The molecule has 0 unspecified atom stereocenters. The minimum Gasteiger partial charge on any atom is -0.508 e. The summed E-state index contributed by atoms with van der Waals surface area (Å²) in [7, 11) is 1.38. The number of ether oxygens (including phenoxy) is 1. The van der Waals surface area contributed by atoms with Crippen LogP contribution >= 0.6 is 0 Å². The van der Waals surface area contributed by atoms with E-state index in [0.29, 0.717) is 11.3 Å². The Kier molecular flexibility index (Phi) is 4.77. The van der Waals surface area contributed by atoms with Gasteiger partial charge in [0.25, 0.3) is 0 Å². The number of carbonyl (C=O) groups is 1. The lowest BCUT2D eigenvalue weighted by Gasteiger charge is -2.05. The number of benzene rings is 2. The van der Waals surface area contributed by atoms with Gasteiger partial charge in [0.05, 0.1) is 12.7 Å². The Labute approximate surface area is 118 Å². The summed E-state index contributed by atoms with van der Waals surface area (Å²) in [6, 6.07) is 14.8. The lowest BCUT2D eigenvalue weighted by atomic mass is 10.0. The van der Waals surface area contributed by atoms with E-state index in [0.717, 1.165) is 24.8 Å². The van der Waals surface area contributed by atoms with Crippen LogP contribution in [0, 0.1) is 0 Å². The number of phenols is 1. The summed E-state index contributed by atoms with van der Waals surface area (Å²) >= 11 is 0. The zero-order valence-electron chi connectivity index (χ0n) is 11.5. The normalized spacial score (nSPS) is 10.2. The molecule has 0 heterocycles. The second kappa shape index (κ2) is 6.75. The highest BCUT2D eigenvalue weighted by atomic mass is 16.5. The second-order valence-corrected chi connectivity index (χ2v) is 4.67. The monoisotopic (exact) mass is 270 g/mol. The first-order chi connectivity index (χ1) is 9.70. The van der Waals surface area contributed by atoms with E-state index in [-0.39, 0.29) is 5.97 Å². The number of methoxy groups -OCH3 is 1. The molecular weight excluding hydrogens is 252 g/mol. The van der Waals surface area contributed by atoms with E-state index in [2.05, 4.69) is 4.74 Å². The van der Waals surface area contributed by atoms with Crippen LogP contribution in [-0.4, -0.2) is 18.2 Å². The van der Waals surface area contributed by atoms with Crippen molar-refractivity contribution in [3.8, 4) is 5.75 Å². The molecule has 0 aromatic heterocycles. The quantitative estimate of drug-likeness (QED) is 0.847. The molecule has 0 atom stereocenters. The predicted molar refractivity (Wildman–Crippen MR) is 77.9 cm³/mol. The topological polar surface area (TPSA) is 46.5 Å². The zero-order chi connectivity index (χ0) is 14.4. The Bertz CT molecular complexity index is 573. The molecule has 2 rings (SSSR count). The van der Waals surface area contributed by atoms with E-state index in [1.165, 1.54) is 12.7 Å². The average Bonchev–Trinajstić information content (AvgIpc) is 2.49. The zero-order valence-corrected chi connectivity index (χ0v) is 11.5. The van der Waals surface area contributed by atoms with Crippen LogP contribution < -0.4 is 0 Å². The Morgan fingerprint density at radius 1 is 1.05 bits per heavy atom. The maximum Gasteiger partial charge on any atom is 0.337 e. The molecular formula is C17H18O3. The fraction of sp³-hybridized carbons (Fsp3) is 0.235. The molecule has 3 nitrogen and oxygen atoms in total. The number of aryl methyl sites for hydroxylation is 2. The van der Waals surface area contributed by atoms with E-state index in [1.54, 1.807) is 18.2 Å². The summed E-state index contributed by atoms with van der Waals surface area (Å²) < 4.78 is 4.66. The molecule has 0 saturated heterocycles. The average molecular weight is 270 g/mol. The van der Waals surface area contributed by atoms with Crippen molar-refractivity contribution in [2.24, 2.45) is 0 Å². The van der Waals surface area contributed by atoms with Crippen molar-refractivity contribution < 1.29 is 14.6 Å². The first kappa shape index (κ1) is 14.1. The minimum atomic E-state index is -0.314. The summed E-state index contributed by atoms with van der Waals surface area (Å²) in [4.78, 5) is 11.3. The third-order valence-corrected chi connectivity index (χ3v) is 3.28. The van der Waals surface area contributed by atoms with E-state index >= 15 is 0 Å². The maximum absolute atomic E-state index is 11.3. The second-order valence-electron chi connectivity index (χ2n) is 4.67. The number of para-hydroxylation sites is 1. The van der Waals surface area contributed by atoms with Gasteiger partial charge in [0.1, 0.15) is 5.75 Å². The molecule has 0 aliphatic heterocycles. The van der Waals surface area contributed by atoms with Crippen LogP contribution in [0.5, 0.6) is 5.75 Å². The van der Waals surface area contributed by atoms with Crippen LogP contribution in [0.1, 0.15) is 27.9 Å². The number of carbonyl (C=O) groups excluding carboxylic acids is 1. The third-order valence-electron chi connectivity index (χ3n) is 3.28. The fourth-order valence-corrected chi connectivity index (χ4v) is 2.13. The number of hydrogen-bond acceptors (Lipinski definition) is 3. The lowest BCUT2D eigenvalue weighted by molar-refractivity contribution is 0.0600. The van der Waals surface area contributed by atoms with Crippen molar-refractivity contribution in [1.29, 1.82) is 0 Å². The fourth-order valence-electron chi connectivity index (χ4n) is 2.13. The van der Waals surface area contributed by atoms with Crippen LogP contribution in [0.15, 0.2) is 48.5 Å². The summed E-state index contributed by atoms with van der Waals surface area (Å²) in [6.07, 6.45) is 2.70. The Balaban J connectivity index is 1.88. The van der Waals surface area contributed by atoms with E-state index in [9.17, 15) is 9.90 Å². The highest BCUT2D eigenvalue weighted by Gasteiger charge is 2.04.